The minimum Gasteiger partial charge on any atom is -0.480 e. The monoisotopic (exact) mass is 337 g/mol. The van der Waals surface area contributed by atoms with Gasteiger partial charge in [0, 0.05) is 0 Å². The van der Waals surface area contributed by atoms with E-state index in [1.807, 2.05) is 18.2 Å². The highest BCUT2D eigenvalue weighted by Gasteiger charge is 2.08. The van der Waals surface area contributed by atoms with E-state index in [1.54, 1.807) is 12.1 Å². The number of benzene rings is 2. The van der Waals surface area contributed by atoms with Crippen LogP contribution in [-0.4, -0.2) is 30.6 Å². The van der Waals surface area contributed by atoms with Crippen LogP contribution in [0.15, 0.2) is 59.5 Å². The smallest absolute Gasteiger partial charge is 0.317 e. The van der Waals surface area contributed by atoms with Crippen molar-refractivity contribution in [2.45, 2.75) is 17.7 Å². The molecule has 0 saturated heterocycles. The molecule has 0 saturated carbocycles. The molecule has 0 aliphatic heterocycles. The van der Waals surface area contributed by atoms with Gasteiger partial charge in [-0.1, -0.05) is 42.5 Å². The summed E-state index contributed by atoms with van der Waals surface area (Å²) in [5.41, 5.74) is 6.87. The Bertz CT molecular complexity index is 712. The van der Waals surface area contributed by atoms with E-state index in [-0.39, 0.29) is 11.4 Å². The molecule has 2 rings (SSSR count). The van der Waals surface area contributed by atoms with Crippen molar-refractivity contribution >= 4 is 16.1 Å². The Labute approximate surface area is 135 Å². The van der Waals surface area contributed by atoms with E-state index in [0.717, 1.165) is 18.4 Å². The summed E-state index contributed by atoms with van der Waals surface area (Å²) in [6.07, 6.45) is 1.75. The van der Waals surface area contributed by atoms with E-state index in [4.69, 9.17) is 9.66 Å². The second kappa shape index (κ2) is 9.04. The SMILES string of the molecule is NCC(=O)O.O=S(=O)(O)c1ccc(CCc2ccccc2)cc1. The molecule has 23 heavy (non-hydrogen) atoms. The molecule has 7 heteroatoms. The largest absolute Gasteiger partial charge is 0.480 e. The standard InChI is InChI=1S/C14H14O3S.C2H5NO2/c15-18(16,17)14-10-8-13(9-11-14)7-6-12-4-2-1-3-5-12;3-1-2(4)5/h1-5,8-11H,6-7H2,(H,15,16,17);1,3H2,(H,4,5). The van der Waals surface area contributed by atoms with Crippen molar-refractivity contribution in [2.75, 3.05) is 6.54 Å². The van der Waals surface area contributed by atoms with Crippen LogP contribution < -0.4 is 5.73 Å². The lowest BCUT2D eigenvalue weighted by molar-refractivity contribution is -0.135. The second-order valence-electron chi connectivity index (χ2n) is 4.70. The normalized spacial score (nSPS) is 10.5. The molecule has 0 aliphatic carbocycles. The lowest BCUT2D eigenvalue weighted by Gasteiger charge is -2.03. The van der Waals surface area contributed by atoms with Crippen molar-refractivity contribution in [3.63, 3.8) is 0 Å². The highest BCUT2D eigenvalue weighted by molar-refractivity contribution is 7.85. The van der Waals surface area contributed by atoms with E-state index >= 15 is 0 Å². The number of aliphatic carboxylic acids is 1. The van der Waals surface area contributed by atoms with E-state index in [1.165, 1.54) is 17.7 Å². The van der Waals surface area contributed by atoms with Gasteiger partial charge in [-0.15, -0.1) is 0 Å². The first-order valence-corrected chi connectivity index (χ1v) is 8.29. The molecule has 0 aliphatic rings. The lowest BCUT2D eigenvalue weighted by Crippen LogP contribution is -2.10. The molecule has 0 spiro atoms. The molecule has 0 amide bonds. The van der Waals surface area contributed by atoms with Gasteiger partial charge in [-0.3, -0.25) is 9.35 Å². The van der Waals surface area contributed by atoms with Crippen molar-refractivity contribution in [3.05, 3.63) is 65.7 Å². The Balaban J connectivity index is 0.000000463. The second-order valence-corrected chi connectivity index (χ2v) is 6.12. The Morgan fingerprint density at radius 2 is 1.35 bits per heavy atom. The molecule has 124 valence electrons. The molecule has 0 aromatic heterocycles. The maximum Gasteiger partial charge on any atom is 0.317 e. The summed E-state index contributed by atoms with van der Waals surface area (Å²) in [5.74, 6) is -0.968. The minimum absolute atomic E-state index is 0.0639. The molecular weight excluding hydrogens is 318 g/mol. The summed E-state index contributed by atoms with van der Waals surface area (Å²) in [5, 5.41) is 7.60. The summed E-state index contributed by atoms with van der Waals surface area (Å²) in [6, 6.07) is 16.4. The fourth-order valence-electron chi connectivity index (χ4n) is 1.76. The number of hydrogen-bond donors (Lipinski definition) is 3. The Kier molecular flexibility index (Phi) is 7.40. The zero-order valence-corrected chi connectivity index (χ0v) is 13.2. The number of hydrogen-bond acceptors (Lipinski definition) is 4. The van der Waals surface area contributed by atoms with Gasteiger partial charge in [0.1, 0.15) is 0 Å². The Hall–Kier alpha value is -2.22. The summed E-state index contributed by atoms with van der Waals surface area (Å²) < 4.78 is 30.6. The highest BCUT2D eigenvalue weighted by Crippen LogP contribution is 2.12. The predicted molar refractivity (Wildman–Crippen MR) is 86.8 cm³/mol. The molecule has 0 fully saturated rings. The predicted octanol–water partition coefficient (Wildman–Crippen LogP) is 1.75. The van der Waals surface area contributed by atoms with Crippen molar-refractivity contribution in [3.8, 4) is 0 Å². The quantitative estimate of drug-likeness (QED) is 0.715. The molecule has 0 heterocycles. The fourth-order valence-corrected chi connectivity index (χ4v) is 2.24. The fraction of sp³-hybridized carbons (Fsp3) is 0.188. The van der Waals surface area contributed by atoms with Gasteiger partial charge in [0.05, 0.1) is 11.4 Å². The van der Waals surface area contributed by atoms with E-state index < -0.39 is 16.1 Å². The first kappa shape index (κ1) is 18.8. The van der Waals surface area contributed by atoms with Crippen LogP contribution >= 0.6 is 0 Å². The van der Waals surface area contributed by atoms with Crippen LogP contribution in [-0.2, 0) is 27.8 Å². The third kappa shape index (κ3) is 7.55. The van der Waals surface area contributed by atoms with Crippen LogP contribution in [0.25, 0.3) is 0 Å². The Morgan fingerprint density at radius 3 is 1.74 bits per heavy atom. The number of aryl methyl sites for hydroxylation is 2. The molecule has 0 unspecified atom stereocenters. The summed E-state index contributed by atoms with van der Waals surface area (Å²) >= 11 is 0. The van der Waals surface area contributed by atoms with Crippen LogP contribution in [0.1, 0.15) is 11.1 Å². The molecule has 0 radical (unpaired) electrons. The van der Waals surface area contributed by atoms with Crippen LogP contribution in [0.2, 0.25) is 0 Å². The first-order valence-electron chi connectivity index (χ1n) is 6.85. The van der Waals surface area contributed by atoms with Gasteiger partial charge in [-0.05, 0) is 36.1 Å². The zero-order valence-electron chi connectivity index (χ0n) is 12.4. The van der Waals surface area contributed by atoms with Gasteiger partial charge < -0.3 is 10.8 Å². The molecule has 0 atom stereocenters. The zero-order chi connectivity index (χ0) is 17.3. The minimum atomic E-state index is -4.09. The van der Waals surface area contributed by atoms with Crippen LogP contribution in [0.3, 0.4) is 0 Å². The first-order chi connectivity index (χ1) is 10.8. The van der Waals surface area contributed by atoms with Gasteiger partial charge in [0.15, 0.2) is 0 Å². The maximum atomic E-state index is 10.9. The summed E-state index contributed by atoms with van der Waals surface area (Å²) in [4.78, 5) is 9.18. The number of rotatable bonds is 5. The number of nitrogens with two attached hydrogens (primary N) is 1. The van der Waals surface area contributed by atoms with E-state index in [0.29, 0.717) is 0 Å². The van der Waals surface area contributed by atoms with Gasteiger partial charge >= 0.3 is 5.97 Å². The van der Waals surface area contributed by atoms with Gasteiger partial charge in [0.2, 0.25) is 0 Å². The highest BCUT2D eigenvalue weighted by atomic mass is 32.2. The summed E-state index contributed by atoms with van der Waals surface area (Å²) in [6.45, 7) is -0.278. The topological polar surface area (TPSA) is 118 Å². The molecule has 6 nitrogen and oxygen atoms in total. The molecule has 0 bridgehead atoms. The number of carbonyl (C=O) groups is 1. The maximum absolute atomic E-state index is 10.9. The third-order valence-corrected chi connectivity index (χ3v) is 3.81. The van der Waals surface area contributed by atoms with E-state index in [2.05, 4.69) is 17.9 Å². The van der Waals surface area contributed by atoms with Gasteiger partial charge in [-0.25, -0.2) is 0 Å². The lowest BCUT2D eigenvalue weighted by atomic mass is 10.0. The van der Waals surface area contributed by atoms with Crippen LogP contribution in [0.5, 0.6) is 0 Å². The van der Waals surface area contributed by atoms with E-state index in [9.17, 15) is 13.2 Å². The average Bonchev–Trinajstić information content (AvgIpc) is 2.54. The average molecular weight is 337 g/mol. The molecule has 2 aromatic rings. The third-order valence-electron chi connectivity index (χ3n) is 2.94. The van der Waals surface area contributed by atoms with Crippen LogP contribution in [0, 0.1) is 0 Å². The van der Waals surface area contributed by atoms with Gasteiger partial charge in [-0.2, -0.15) is 8.42 Å². The van der Waals surface area contributed by atoms with Crippen molar-refractivity contribution in [1.82, 2.24) is 0 Å². The number of carboxylic acids is 1. The summed E-state index contributed by atoms with van der Waals surface area (Å²) in [7, 11) is -4.09. The number of carboxylic acid groups (broad SMARTS) is 1. The molecular formula is C16H19NO5S. The molecule has 4 N–H and O–H groups in total. The van der Waals surface area contributed by atoms with Crippen molar-refractivity contribution in [2.24, 2.45) is 5.73 Å². The molecule has 2 aromatic carbocycles. The van der Waals surface area contributed by atoms with Crippen molar-refractivity contribution < 1.29 is 22.9 Å². The van der Waals surface area contributed by atoms with Crippen molar-refractivity contribution in [1.29, 1.82) is 0 Å². The van der Waals surface area contributed by atoms with Crippen LogP contribution in [0.4, 0.5) is 0 Å². The van der Waals surface area contributed by atoms with Gasteiger partial charge in [0.25, 0.3) is 10.1 Å². The Morgan fingerprint density at radius 1 is 0.913 bits per heavy atom.